The number of nitrogens with one attached hydrogen (secondary N) is 2. The summed E-state index contributed by atoms with van der Waals surface area (Å²) in [5.41, 5.74) is 2.73. The zero-order valence-electron chi connectivity index (χ0n) is 13.1. The number of aliphatic hydroxyl groups is 1. The van der Waals surface area contributed by atoms with E-state index in [1.807, 2.05) is 18.2 Å². The first kappa shape index (κ1) is 16.0. The monoisotopic (exact) mass is 331 g/mol. The second-order valence-corrected chi connectivity index (χ2v) is 6.82. The molecule has 1 aromatic carbocycles. The minimum atomic E-state index is -0.177. The van der Waals surface area contributed by atoms with E-state index in [4.69, 9.17) is 10.1 Å². The van der Waals surface area contributed by atoms with Crippen molar-refractivity contribution in [2.24, 2.45) is 0 Å². The Hall–Kier alpha value is -1.92. The van der Waals surface area contributed by atoms with Gasteiger partial charge in [0.25, 0.3) is 5.91 Å². The second-order valence-electron chi connectivity index (χ2n) is 5.70. The van der Waals surface area contributed by atoms with Crippen LogP contribution in [0.15, 0.2) is 24.3 Å². The lowest BCUT2D eigenvalue weighted by atomic mass is 10.1. The van der Waals surface area contributed by atoms with E-state index in [2.05, 4.69) is 17.6 Å². The molecule has 1 aromatic heterocycles. The van der Waals surface area contributed by atoms with Crippen molar-refractivity contribution in [3.05, 3.63) is 45.4 Å². The molecule has 0 saturated heterocycles. The summed E-state index contributed by atoms with van der Waals surface area (Å²) >= 11 is 1.79. The number of carbonyl (C=O) groups excluding carboxylic acids is 1. The number of anilines is 1. The molecule has 1 aliphatic carbocycles. The fourth-order valence-corrected chi connectivity index (χ4v) is 3.88. The lowest BCUT2D eigenvalue weighted by Gasteiger charge is -2.14. The fraction of sp³-hybridized carbons (Fsp3) is 0.412. The number of benzene rings is 1. The number of carbonyl (C=O) groups is 1. The Morgan fingerprint density at radius 2 is 2.30 bits per heavy atom. The first-order valence-electron chi connectivity index (χ1n) is 7.91. The van der Waals surface area contributed by atoms with Gasteiger partial charge in [0.2, 0.25) is 0 Å². The van der Waals surface area contributed by atoms with Crippen molar-refractivity contribution in [2.45, 2.75) is 32.2 Å². The fourth-order valence-electron chi connectivity index (χ4n) is 2.73. The van der Waals surface area contributed by atoms with E-state index >= 15 is 0 Å². The van der Waals surface area contributed by atoms with Crippen molar-refractivity contribution in [1.29, 1.82) is 0 Å². The van der Waals surface area contributed by atoms with Gasteiger partial charge in [0.05, 0.1) is 18.3 Å². The topological polar surface area (TPSA) is 74.2 Å². The Bertz CT molecular complexity index is 677. The van der Waals surface area contributed by atoms with Crippen molar-refractivity contribution in [1.82, 2.24) is 10.3 Å². The van der Waals surface area contributed by atoms with Gasteiger partial charge in [-0.15, -0.1) is 11.3 Å². The minimum absolute atomic E-state index is 0.0601. The Kier molecular flexibility index (Phi) is 4.93. The standard InChI is InChI=1S/C17H21N3O2S/c1-11(17-20-14-6-3-7-15(14)23-17)19-13-5-2-4-12(10-13)16(22)18-8-9-21/h2,4-5,10-11,19,21H,3,6-9H2,1H3,(H,18,22). The molecule has 1 atom stereocenters. The number of hydrogen-bond donors (Lipinski definition) is 3. The molecule has 0 spiro atoms. The first-order valence-corrected chi connectivity index (χ1v) is 8.73. The first-order chi connectivity index (χ1) is 11.2. The maximum absolute atomic E-state index is 11.9. The van der Waals surface area contributed by atoms with Gasteiger partial charge in [0, 0.05) is 22.7 Å². The number of amides is 1. The van der Waals surface area contributed by atoms with Crippen molar-refractivity contribution in [3.8, 4) is 0 Å². The van der Waals surface area contributed by atoms with Crippen LogP contribution in [0.2, 0.25) is 0 Å². The van der Waals surface area contributed by atoms with Crippen LogP contribution in [-0.4, -0.2) is 29.1 Å². The molecule has 1 aliphatic rings. The van der Waals surface area contributed by atoms with Gasteiger partial charge in [-0.25, -0.2) is 4.98 Å². The van der Waals surface area contributed by atoms with Crippen molar-refractivity contribution >= 4 is 22.9 Å². The third-order valence-corrected chi connectivity index (χ3v) is 5.23. The van der Waals surface area contributed by atoms with E-state index in [1.54, 1.807) is 17.4 Å². The molecule has 122 valence electrons. The quantitative estimate of drug-likeness (QED) is 0.760. The number of aliphatic hydroxyl groups excluding tert-OH is 1. The zero-order chi connectivity index (χ0) is 16.2. The molecule has 0 bridgehead atoms. The second kappa shape index (κ2) is 7.10. The molecule has 6 heteroatoms. The number of aromatic nitrogens is 1. The number of nitrogens with zero attached hydrogens (tertiary/aromatic N) is 1. The van der Waals surface area contributed by atoms with Gasteiger partial charge in [-0.3, -0.25) is 4.79 Å². The van der Waals surface area contributed by atoms with Crippen molar-refractivity contribution < 1.29 is 9.90 Å². The van der Waals surface area contributed by atoms with Crippen molar-refractivity contribution in [3.63, 3.8) is 0 Å². The van der Waals surface area contributed by atoms with Crippen LogP contribution in [0.4, 0.5) is 5.69 Å². The van der Waals surface area contributed by atoms with Gasteiger partial charge >= 0.3 is 0 Å². The molecule has 2 aromatic rings. The lowest BCUT2D eigenvalue weighted by molar-refractivity contribution is 0.0945. The number of aryl methyl sites for hydroxylation is 2. The molecule has 0 saturated carbocycles. The van der Waals surface area contributed by atoms with Crippen LogP contribution in [0.25, 0.3) is 0 Å². The highest BCUT2D eigenvalue weighted by molar-refractivity contribution is 7.11. The molecule has 1 heterocycles. The summed E-state index contributed by atoms with van der Waals surface area (Å²) < 4.78 is 0. The molecular weight excluding hydrogens is 310 g/mol. The van der Waals surface area contributed by atoms with Crippen LogP contribution < -0.4 is 10.6 Å². The molecular formula is C17H21N3O2S. The zero-order valence-corrected chi connectivity index (χ0v) is 13.9. The highest BCUT2D eigenvalue weighted by Crippen LogP contribution is 2.31. The van der Waals surface area contributed by atoms with E-state index in [0.29, 0.717) is 5.56 Å². The average Bonchev–Trinajstić information content (AvgIpc) is 3.14. The summed E-state index contributed by atoms with van der Waals surface area (Å²) in [7, 11) is 0. The summed E-state index contributed by atoms with van der Waals surface area (Å²) in [5, 5.41) is 16.0. The molecule has 3 N–H and O–H groups in total. The average molecular weight is 331 g/mol. The number of rotatable bonds is 6. The SMILES string of the molecule is CC(Nc1cccc(C(=O)NCCO)c1)c1nc2c(s1)CCC2. The van der Waals surface area contributed by atoms with Crippen LogP contribution in [0.3, 0.4) is 0 Å². The normalized spacial score (nSPS) is 14.3. The summed E-state index contributed by atoms with van der Waals surface area (Å²) in [6, 6.07) is 7.50. The molecule has 0 radical (unpaired) electrons. The Morgan fingerprint density at radius 1 is 1.43 bits per heavy atom. The van der Waals surface area contributed by atoms with Gasteiger partial charge in [-0.05, 0) is 44.4 Å². The maximum Gasteiger partial charge on any atom is 0.251 e. The number of thiazole rings is 1. The molecule has 1 amide bonds. The van der Waals surface area contributed by atoms with Crippen LogP contribution >= 0.6 is 11.3 Å². The van der Waals surface area contributed by atoms with E-state index in [0.717, 1.165) is 23.5 Å². The van der Waals surface area contributed by atoms with E-state index in [1.165, 1.54) is 17.0 Å². The number of hydrogen-bond acceptors (Lipinski definition) is 5. The van der Waals surface area contributed by atoms with Crippen LogP contribution in [0.1, 0.15) is 45.3 Å². The van der Waals surface area contributed by atoms with Crippen molar-refractivity contribution in [2.75, 3.05) is 18.5 Å². The predicted molar refractivity (Wildman–Crippen MR) is 92.0 cm³/mol. The summed E-state index contributed by atoms with van der Waals surface area (Å²) in [4.78, 5) is 18.1. The largest absolute Gasteiger partial charge is 0.395 e. The molecule has 1 unspecified atom stereocenters. The smallest absolute Gasteiger partial charge is 0.251 e. The van der Waals surface area contributed by atoms with Gasteiger partial charge in [-0.2, -0.15) is 0 Å². The molecule has 3 rings (SSSR count). The Labute approximate surface area is 139 Å². The van der Waals surface area contributed by atoms with Gasteiger partial charge in [-0.1, -0.05) is 6.07 Å². The Balaban J connectivity index is 1.68. The van der Waals surface area contributed by atoms with Gasteiger partial charge in [0.1, 0.15) is 5.01 Å². The van der Waals surface area contributed by atoms with E-state index in [9.17, 15) is 4.79 Å². The third kappa shape index (κ3) is 3.71. The summed E-state index contributed by atoms with van der Waals surface area (Å²) in [6.07, 6.45) is 3.47. The third-order valence-electron chi connectivity index (χ3n) is 3.89. The lowest BCUT2D eigenvalue weighted by Crippen LogP contribution is -2.26. The van der Waals surface area contributed by atoms with E-state index < -0.39 is 0 Å². The number of fused-ring (bicyclic) bond motifs is 1. The molecule has 5 nitrogen and oxygen atoms in total. The minimum Gasteiger partial charge on any atom is -0.395 e. The van der Waals surface area contributed by atoms with E-state index in [-0.39, 0.29) is 25.1 Å². The summed E-state index contributed by atoms with van der Waals surface area (Å²) in [5.74, 6) is -0.177. The highest BCUT2D eigenvalue weighted by Gasteiger charge is 2.19. The van der Waals surface area contributed by atoms with Gasteiger partial charge < -0.3 is 15.7 Å². The Morgan fingerprint density at radius 3 is 3.09 bits per heavy atom. The van der Waals surface area contributed by atoms with Crippen LogP contribution in [0, 0.1) is 0 Å². The van der Waals surface area contributed by atoms with Gasteiger partial charge in [0.15, 0.2) is 0 Å². The summed E-state index contributed by atoms with van der Waals surface area (Å²) in [6.45, 7) is 2.29. The molecule has 0 fully saturated rings. The predicted octanol–water partition coefficient (Wildman–Crippen LogP) is 2.53. The van der Waals surface area contributed by atoms with Crippen LogP contribution in [-0.2, 0) is 12.8 Å². The molecule has 23 heavy (non-hydrogen) atoms. The highest BCUT2D eigenvalue weighted by atomic mass is 32.1. The van der Waals surface area contributed by atoms with Crippen LogP contribution in [0.5, 0.6) is 0 Å². The molecule has 0 aliphatic heterocycles. The maximum atomic E-state index is 11.9.